The van der Waals surface area contributed by atoms with E-state index in [0.29, 0.717) is 12.8 Å². The fraction of sp³-hybridized carbons (Fsp3) is 0.583. The molecule has 178 valence electrons. The van der Waals surface area contributed by atoms with E-state index >= 15 is 0 Å². The van der Waals surface area contributed by atoms with E-state index < -0.39 is 37.0 Å². The molecule has 2 aromatic rings. The first-order chi connectivity index (χ1) is 14.8. The van der Waals surface area contributed by atoms with E-state index in [4.69, 9.17) is 0 Å². The fourth-order valence-electron chi connectivity index (χ4n) is 3.96. The number of aryl methyl sites for hydroxylation is 1. The smallest absolute Gasteiger partial charge is 0.259 e. The standard InChI is InChI=1S/C24H31F6N2/c1-4-19(21-5-10-31-11-6-21)15-18(2)20-7-12-32(13-8-20)14-9-23(27,28)17-24(29,30)16-22(3,25)26/h5-8,10-13,18-19H,4,9,14-17H2,1-3H3/q+1. The molecule has 2 aromatic heterocycles. The zero-order valence-corrected chi connectivity index (χ0v) is 18.7. The van der Waals surface area contributed by atoms with Crippen LogP contribution >= 0.6 is 0 Å². The van der Waals surface area contributed by atoms with Crippen LogP contribution in [-0.4, -0.2) is 22.8 Å². The highest BCUT2D eigenvalue weighted by Crippen LogP contribution is 2.39. The van der Waals surface area contributed by atoms with Crippen LogP contribution in [0.1, 0.15) is 75.8 Å². The van der Waals surface area contributed by atoms with Gasteiger partial charge in [0.2, 0.25) is 0 Å². The monoisotopic (exact) mass is 461 g/mol. The third-order valence-corrected chi connectivity index (χ3v) is 5.62. The third kappa shape index (κ3) is 8.79. The molecule has 32 heavy (non-hydrogen) atoms. The molecular weight excluding hydrogens is 430 g/mol. The first-order valence-electron chi connectivity index (χ1n) is 10.8. The molecule has 2 heterocycles. The maximum absolute atomic E-state index is 14.0. The minimum atomic E-state index is -4.13. The molecule has 0 spiro atoms. The molecule has 0 aromatic carbocycles. The van der Waals surface area contributed by atoms with Crippen LogP contribution in [0.3, 0.4) is 0 Å². The van der Waals surface area contributed by atoms with E-state index in [0.717, 1.165) is 18.4 Å². The van der Waals surface area contributed by atoms with Gasteiger partial charge in [-0.15, -0.1) is 0 Å². The van der Waals surface area contributed by atoms with Gasteiger partial charge in [0.25, 0.3) is 17.8 Å². The van der Waals surface area contributed by atoms with Gasteiger partial charge in [0.1, 0.15) is 0 Å². The molecule has 0 N–H and O–H groups in total. The van der Waals surface area contributed by atoms with Crippen molar-refractivity contribution in [3.63, 3.8) is 0 Å². The van der Waals surface area contributed by atoms with Crippen LogP contribution in [0, 0.1) is 0 Å². The number of pyridine rings is 2. The number of rotatable bonds is 12. The van der Waals surface area contributed by atoms with Crippen LogP contribution in [0.15, 0.2) is 49.1 Å². The highest BCUT2D eigenvalue weighted by Gasteiger charge is 2.48. The average molecular weight is 462 g/mol. The Labute approximate surface area is 185 Å². The zero-order valence-electron chi connectivity index (χ0n) is 18.7. The van der Waals surface area contributed by atoms with Crippen molar-refractivity contribution in [2.24, 2.45) is 0 Å². The molecule has 2 atom stereocenters. The second-order valence-corrected chi connectivity index (χ2v) is 8.78. The maximum atomic E-state index is 14.0. The number of halogens is 6. The Kier molecular flexibility index (Phi) is 8.71. The molecule has 0 amide bonds. The second-order valence-electron chi connectivity index (χ2n) is 8.78. The van der Waals surface area contributed by atoms with Crippen molar-refractivity contribution in [2.45, 2.75) is 89.0 Å². The van der Waals surface area contributed by atoms with Crippen molar-refractivity contribution in [1.29, 1.82) is 0 Å². The molecule has 0 aliphatic heterocycles. The Balaban J connectivity index is 1.93. The zero-order chi connectivity index (χ0) is 24.0. The van der Waals surface area contributed by atoms with Gasteiger partial charge in [-0.2, -0.15) is 0 Å². The highest BCUT2D eigenvalue weighted by atomic mass is 19.3. The Bertz CT molecular complexity index is 819. The molecule has 0 fully saturated rings. The summed E-state index contributed by atoms with van der Waals surface area (Å²) in [4.78, 5) is 4.05. The van der Waals surface area contributed by atoms with Crippen LogP contribution in [0.2, 0.25) is 0 Å². The molecular formula is C24H31F6N2+. The van der Waals surface area contributed by atoms with Crippen molar-refractivity contribution in [3.05, 3.63) is 60.2 Å². The Morgan fingerprint density at radius 2 is 1.47 bits per heavy atom. The maximum Gasteiger partial charge on any atom is 0.259 e. The minimum absolute atomic E-state index is 0.186. The van der Waals surface area contributed by atoms with Crippen LogP contribution in [0.4, 0.5) is 26.3 Å². The molecule has 2 unspecified atom stereocenters. The molecule has 0 bridgehead atoms. The lowest BCUT2D eigenvalue weighted by atomic mass is 9.85. The largest absolute Gasteiger partial charge is 0.265 e. The molecule has 0 aliphatic rings. The Morgan fingerprint density at radius 3 is 2.00 bits per heavy atom. The normalized spacial score (nSPS) is 14.9. The van der Waals surface area contributed by atoms with Gasteiger partial charge in [0.15, 0.2) is 18.9 Å². The summed E-state index contributed by atoms with van der Waals surface area (Å²) in [7, 11) is 0. The summed E-state index contributed by atoms with van der Waals surface area (Å²) in [5, 5.41) is 0. The minimum Gasteiger partial charge on any atom is -0.265 e. The SMILES string of the molecule is CCC(CC(C)c1cc[n+](CCC(F)(F)CC(F)(F)CC(C)(F)F)cc1)c1ccncc1. The number of alkyl halides is 6. The van der Waals surface area contributed by atoms with Gasteiger partial charge in [-0.3, -0.25) is 4.98 Å². The van der Waals surface area contributed by atoms with Gasteiger partial charge in [-0.05, 0) is 54.9 Å². The lowest BCUT2D eigenvalue weighted by Gasteiger charge is -2.24. The molecule has 0 radical (unpaired) electrons. The van der Waals surface area contributed by atoms with E-state index in [1.165, 1.54) is 10.1 Å². The number of nitrogens with zero attached hydrogens (tertiary/aromatic N) is 2. The van der Waals surface area contributed by atoms with Gasteiger partial charge in [0.05, 0.1) is 19.3 Å². The van der Waals surface area contributed by atoms with Crippen molar-refractivity contribution < 1.29 is 30.9 Å². The molecule has 0 aliphatic carbocycles. The van der Waals surface area contributed by atoms with Crippen molar-refractivity contribution in [2.75, 3.05) is 0 Å². The van der Waals surface area contributed by atoms with Crippen LogP contribution in [-0.2, 0) is 6.54 Å². The van der Waals surface area contributed by atoms with Gasteiger partial charge in [0, 0.05) is 24.5 Å². The van der Waals surface area contributed by atoms with Crippen molar-refractivity contribution in [1.82, 2.24) is 4.98 Å². The molecule has 2 nitrogen and oxygen atoms in total. The summed E-state index contributed by atoms with van der Waals surface area (Å²) in [6.07, 6.45) is 4.12. The molecule has 0 saturated carbocycles. The highest BCUT2D eigenvalue weighted by molar-refractivity contribution is 5.19. The lowest BCUT2D eigenvalue weighted by molar-refractivity contribution is -0.699. The number of hydrogen-bond acceptors (Lipinski definition) is 1. The van der Waals surface area contributed by atoms with Crippen LogP contribution in [0.25, 0.3) is 0 Å². The lowest BCUT2D eigenvalue weighted by Crippen LogP contribution is -2.39. The predicted octanol–water partition coefficient (Wildman–Crippen LogP) is 7.15. The van der Waals surface area contributed by atoms with Gasteiger partial charge in [-0.25, -0.2) is 30.9 Å². The third-order valence-electron chi connectivity index (χ3n) is 5.62. The van der Waals surface area contributed by atoms with E-state index in [1.54, 1.807) is 24.8 Å². The molecule has 0 saturated heterocycles. The quantitative estimate of drug-likeness (QED) is 0.242. The van der Waals surface area contributed by atoms with Crippen molar-refractivity contribution in [3.8, 4) is 0 Å². The van der Waals surface area contributed by atoms with E-state index in [2.05, 4.69) is 18.8 Å². The van der Waals surface area contributed by atoms with Gasteiger partial charge < -0.3 is 0 Å². The summed E-state index contributed by atoms with van der Waals surface area (Å²) in [6, 6.07) is 7.69. The topological polar surface area (TPSA) is 16.8 Å². The van der Waals surface area contributed by atoms with Gasteiger partial charge in [-0.1, -0.05) is 13.8 Å². The van der Waals surface area contributed by atoms with Crippen LogP contribution in [0.5, 0.6) is 0 Å². The van der Waals surface area contributed by atoms with Gasteiger partial charge >= 0.3 is 0 Å². The van der Waals surface area contributed by atoms with E-state index in [-0.39, 0.29) is 12.5 Å². The summed E-state index contributed by atoms with van der Waals surface area (Å²) < 4.78 is 82.2. The first kappa shape index (κ1) is 26.1. The first-order valence-corrected chi connectivity index (χ1v) is 10.8. The summed E-state index contributed by atoms with van der Waals surface area (Å²) in [6.45, 7) is 4.34. The number of hydrogen-bond donors (Lipinski definition) is 0. The Morgan fingerprint density at radius 1 is 0.875 bits per heavy atom. The summed E-state index contributed by atoms with van der Waals surface area (Å²) in [5.41, 5.74) is 2.28. The number of aromatic nitrogens is 2. The Hall–Kier alpha value is -2.12. The molecule has 8 heteroatoms. The van der Waals surface area contributed by atoms with E-state index in [1.807, 2.05) is 24.3 Å². The summed E-state index contributed by atoms with van der Waals surface area (Å²) >= 11 is 0. The fourth-order valence-corrected chi connectivity index (χ4v) is 3.96. The summed E-state index contributed by atoms with van der Waals surface area (Å²) in [5.74, 6) is -11.0. The van der Waals surface area contributed by atoms with Crippen LogP contribution < -0.4 is 4.57 Å². The molecule has 2 rings (SSSR count). The average Bonchev–Trinajstić information content (AvgIpc) is 2.68. The second kappa shape index (κ2) is 10.7. The van der Waals surface area contributed by atoms with Crippen molar-refractivity contribution >= 4 is 0 Å². The predicted molar refractivity (Wildman–Crippen MR) is 111 cm³/mol. The van der Waals surface area contributed by atoms with E-state index in [9.17, 15) is 26.3 Å².